The van der Waals surface area contributed by atoms with Crippen LogP contribution in [0.2, 0.25) is 5.02 Å². The molecule has 2 aliphatic rings. The van der Waals surface area contributed by atoms with Crippen LogP contribution in [-0.2, 0) is 10.4 Å². The van der Waals surface area contributed by atoms with Gasteiger partial charge >= 0.3 is 0 Å². The van der Waals surface area contributed by atoms with Crippen molar-refractivity contribution in [1.29, 1.82) is 0 Å². The number of carbonyl (C=O) groups excluding carboxylic acids is 1. The molecule has 2 fully saturated rings. The summed E-state index contributed by atoms with van der Waals surface area (Å²) >= 11 is 6.11. The first kappa shape index (κ1) is 12.2. The standard InChI is InChI=1S/C14H14ClN3O2/c15-6-1-10(9-5-17-18-11(9)2-6)14(20)3-7-8(4-14)12(7)13(16)19/h1-2,5,7-8,12,20H,3-4H2,(H2,16,19)(H,17,18)/t7-,8+,12-,14+. The number of amides is 1. The number of nitrogens with two attached hydrogens (primary N) is 1. The highest BCUT2D eigenvalue weighted by Crippen LogP contribution is 2.64. The zero-order chi connectivity index (χ0) is 14.1. The minimum absolute atomic E-state index is 0.0608. The number of aromatic amines is 1. The molecular weight excluding hydrogens is 278 g/mol. The van der Waals surface area contributed by atoms with Crippen LogP contribution in [0.1, 0.15) is 18.4 Å². The molecule has 0 spiro atoms. The van der Waals surface area contributed by atoms with Crippen molar-refractivity contribution >= 4 is 28.4 Å². The molecule has 1 amide bonds. The van der Waals surface area contributed by atoms with Crippen molar-refractivity contribution in [2.45, 2.75) is 18.4 Å². The number of nitrogens with one attached hydrogen (secondary N) is 1. The Hall–Kier alpha value is -1.59. The monoisotopic (exact) mass is 291 g/mol. The highest BCUT2D eigenvalue weighted by molar-refractivity contribution is 6.31. The molecular formula is C14H14ClN3O2. The number of hydrogen-bond acceptors (Lipinski definition) is 3. The van der Waals surface area contributed by atoms with Gasteiger partial charge in [0.1, 0.15) is 0 Å². The third kappa shape index (κ3) is 1.53. The average molecular weight is 292 g/mol. The van der Waals surface area contributed by atoms with E-state index in [1.54, 1.807) is 18.3 Å². The molecule has 5 nitrogen and oxygen atoms in total. The van der Waals surface area contributed by atoms with Crippen LogP contribution in [0.15, 0.2) is 18.3 Å². The van der Waals surface area contributed by atoms with Gasteiger partial charge in [-0.25, -0.2) is 0 Å². The number of aromatic nitrogens is 2. The number of hydrogen-bond donors (Lipinski definition) is 3. The molecule has 4 rings (SSSR count). The van der Waals surface area contributed by atoms with Crippen LogP contribution < -0.4 is 5.73 Å². The van der Waals surface area contributed by atoms with Gasteiger partial charge in [0.2, 0.25) is 5.91 Å². The Morgan fingerprint density at radius 1 is 1.45 bits per heavy atom. The summed E-state index contributed by atoms with van der Waals surface area (Å²) < 4.78 is 0. The molecule has 2 aromatic rings. The molecule has 1 aromatic heterocycles. The van der Waals surface area contributed by atoms with Crippen LogP contribution in [0.4, 0.5) is 0 Å². The predicted octanol–water partition coefficient (Wildman–Crippen LogP) is 1.55. The largest absolute Gasteiger partial charge is 0.385 e. The molecule has 0 saturated heterocycles. The second-order valence-corrected chi connectivity index (χ2v) is 6.42. The number of aliphatic hydroxyl groups is 1. The van der Waals surface area contributed by atoms with Crippen molar-refractivity contribution in [3.8, 4) is 0 Å². The summed E-state index contributed by atoms with van der Waals surface area (Å²) in [5, 5.41) is 19.3. The molecule has 0 aliphatic heterocycles. The molecule has 1 aromatic carbocycles. The lowest BCUT2D eigenvalue weighted by Crippen LogP contribution is -2.27. The first-order valence-corrected chi connectivity index (χ1v) is 7.02. The van der Waals surface area contributed by atoms with E-state index >= 15 is 0 Å². The summed E-state index contributed by atoms with van der Waals surface area (Å²) in [6.45, 7) is 0. The van der Waals surface area contributed by atoms with Gasteiger partial charge in [-0.15, -0.1) is 0 Å². The Bertz CT molecular complexity index is 714. The van der Waals surface area contributed by atoms with E-state index in [0.717, 1.165) is 16.5 Å². The van der Waals surface area contributed by atoms with Crippen LogP contribution >= 0.6 is 11.6 Å². The van der Waals surface area contributed by atoms with Crippen molar-refractivity contribution in [3.05, 3.63) is 28.9 Å². The summed E-state index contributed by atoms with van der Waals surface area (Å²) in [6, 6.07) is 3.59. The van der Waals surface area contributed by atoms with Crippen LogP contribution in [0.5, 0.6) is 0 Å². The number of carbonyl (C=O) groups is 1. The van der Waals surface area contributed by atoms with Gasteiger partial charge in [0.25, 0.3) is 0 Å². The molecule has 2 saturated carbocycles. The van der Waals surface area contributed by atoms with E-state index in [9.17, 15) is 9.90 Å². The van der Waals surface area contributed by atoms with E-state index in [-0.39, 0.29) is 23.7 Å². The van der Waals surface area contributed by atoms with Gasteiger partial charge in [-0.2, -0.15) is 5.10 Å². The van der Waals surface area contributed by atoms with E-state index in [1.165, 1.54) is 0 Å². The Balaban J connectivity index is 1.74. The minimum Gasteiger partial charge on any atom is -0.385 e. The molecule has 104 valence electrons. The number of benzene rings is 1. The first-order chi connectivity index (χ1) is 9.49. The van der Waals surface area contributed by atoms with Gasteiger partial charge in [-0.3, -0.25) is 9.89 Å². The van der Waals surface area contributed by atoms with Gasteiger partial charge in [0, 0.05) is 16.3 Å². The molecule has 4 N–H and O–H groups in total. The van der Waals surface area contributed by atoms with Crippen molar-refractivity contribution in [3.63, 3.8) is 0 Å². The summed E-state index contributed by atoms with van der Waals surface area (Å²) in [4.78, 5) is 11.3. The second-order valence-electron chi connectivity index (χ2n) is 5.98. The van der Waals surface area contributed by atoms with E-state index in [4.69, 9.17) is 17.3 Å². The first-order valence-electron chi connectivity index (χ1n) is 6.64. The number of H-pyrrole nitrogens is 1. The highest BCUT2D eigenvalue weighted by atomic mass is 35.5. The maximum atomic E-state index is 11.3. The van der Waals surface area contributed by atoms with Crippen LogP contribution in [0.3, 0.4) is 0 Å². The van der Waals surface area contributed by atoms with E-state index in [2.05, 4.69) is 10.2 Å². The maximum absolute atomic E-state index is 11.3. The molecule has 1 heterocycles. The zero-order valence-electron chi connectivity index (χ0n) is 10.6. The minimum atomic E-state index is -0.936. The van der Waals surface area contributed by atoms with E-state index < -0.39 is 5.60 Å². The van der Waals surface area contributed by atoms with Crippen LogP contribution in [-0.4, -0.2) is 21.2 Å². The second kappa shape index (κ2) is 3.74. The number of fused-ring (bicyclic) bond motifs is 2. The molecule has 2 aliphatic carbocycles. The topological polar surface area (TPSA) is 92.0 Å². The summed E-state index contributed by atoms with van der Waals surface area (Å²) in [7, 11) is 0. The van der Waals surface area contributed by atoms with Crippen molar-refractivity contribution in [2.75, 3.05) is 0 Å². The number of halogens is 1. The summed E-state index contributed by atoms with van der Waals surface area (Å²) in [5.74, 6) is 0.104. The molecule has 6 heteroatoms. The number of rotatable bonds is 2. The molecule has 0 unspecified atom stereocenters. The predicted molar refractivity (Wildman–Crippen MR) is 73.9 cm³/mol. The van der Waals surface area contributed by atoms with E-state index in [0.29, 0.717) is 17.9 Å². The van der Waals surface area contributed by atoms with Crippen LogP contribution in [0.25, 0.3) is 10.9 Å². The van der Waals surface area contributed by atoms with Crippen molar-refractivity contribution < 1.29 is 9.90 Å². The third-order valence-corrected chi connectivity index (χ3v) is 5.05. The van der Waals surface area contributed by atoms with Crippen molar-refractivity contribution in [2.24, 2.45) is 23.5 Å². The van der Waals surface area contributed by atoms with Gasteiger partial charge in [-0.05, 0) is 42.4 Å². The Labute approximate surface area is 120 Å². The van der Waals surface area contributed by atoms with Gasteiger partial charge in [0.15, 0.2) is 0 Å². The fraction of sp³-hybridized carbons (Fsp3) is 0.429. The Morgan fingerprint density at radius 2 is 2.15 bits per heavy atom. The fourth-order valence-electron chi connectivity index (χ4n) is 3.91. The highest BCUT2D eigenvalue weighted by Gasteiger charge is 2.64. The lowest BCUT2D eigenvalue weighted by Gasteiger charge is -2.27. The Morgan fingerprint density at radius 3 is 2.80 bits per heavy atom. The van der Waals surface area contributed by atoms with Gasteiger partial charge in [-0.1, -0.05) is 11.6 Å². The van der Waals surface area contributed by atoms with Crippen molar-refractivity contribution in [1.82, 2.24) is 10.2 Å². The molecule has 0 radical (unpaired) electrons. The fourth-order valence-corrected chi connectivity index (χ4v) is 4.13. The third-order valence-electron chi connectivity index (χ3n) is 4.83. The molecule has 4 atom stereocenters. The molecule has 0 bridgehead atoms. The van der Waals surface area contributed by atoms with Gasteiger partial charge < -0.3 is 10.8 Å². The van der Waals surface area contributed by atoms with Crippen LogP contribution in [0, 0.1) is 17.8 Å². The number of nitrogens with zero attached hydrogens (tertiary/aromatic N) is 1. The lowest BCUT2D eigenvalue weighted by atomic mass is 9.85. The maximum Gasteiger partial charge on any atom is 0.221 e. The lowest BCUT2D eigenvalue weighted by molar-refractivity contribution is -0.120. The Kier molecular flexibility index (Phi) is 2.28. The molecule has 20 heavy (non-hydrogen) atoms. The number of primary amides is 1. The van der Waals surface area contributed by atoms with E-state index in [1.807, 2.05) is 0 Å². The SMILES string of the molecule is NC(=O)[C@@H]1[C@@H]2C[C@@](O)(c3cc(Cl)cc4[nH]ncc34)C[C@@H]21. The quantitative estimate of drug-likeness (QED) is 0.784. The summed E-state index contributed by atoms with van der Waals surface area (Å²) in [6.07, 6.45) is 2.83. The smallest absolute Gasteiger partial charge is 0.221 e. The summed E-state index contributed by atoms with van der Waals surface area (Å²) in [5.41, 5.74) is 6.03. The zero-order valence-corrected chi connectivity index (χ0v) is 11.4. The normalized spacial score (nSPS) is 35.2. The average Bonchev–Trinajstić information content (AvgIpc) is 2.75. The van der Waals surface area contributed by atoms with Gasteiger partial charge in [0.05, 0.1) is 17.3 Å².